The first kappa shape index (κ1) is 19.3. The van der Waals surface area contributed by atoms with Crippen molar-refractivity contribution in [3.63, 3.8) is 0 Å². The van der Waals surface area contributed by atoms with Crippen LogP contribution in [-0.4, -0.2) is 43.3 Å². The van der Waals surface area contributed by atoms with Crippen LogP contribution in [-0.2, 0) is 14.8 Å². The smallest absolute Gasteiger partial charge is 0.243 e. The number of nitrogens with zero attached hydrogens (tertiary/aromatic N) is 2. The molecule has 1 N–H and O–H groups in total. The number of aryl methyl sites for hydroxylation is 1. The third-order valence-corrected chi connectivity index (χ3v) is 6.52. The normalized spacial score (nSPS) is 18.1. The van der Waals surface area contributed by atoms with Crippen LogP contribution in [0.5, 0.6) is 5.88 Å². The molecule has 0 bridgehead atoms. The molecule has 8 heteroatoms. The van der Waals surface area contributed by atoms with Crippen LogP contribution in [0.15, 0.2) is 47.5 Å². The van der Waals surface area contributed by atoms with Gasteiger partial charge in [-0.3, -0.25) is 4.79 Å². The highest BCUT2D eigenvalue weighted by Gasteiger charge is 2.37. The fraction of sp³-hybridized carbons (Fsp3) is 0.368. The van der Waals surface area contributed by atoms with Crippen molar-refractivity contribution in [2.75, 3.05) is 19.0 Å². The monoisotopic (exact) mass is 389 g/mol. The SMILES string of the molecule is COc1ccc(NC(=O)[C@H]2CCCCN2S(=O)(=O)c2ccc(C)cc2)cn1. The van der Waals surface area contributed by atoms with Gasteiger partial charge in [0.2, 0.25) is 21.8 Å². The molecule has 1 aromatic carbocycles. The van der Waals surface area contributed by atoms with Crippen molar-refractivity contribution in [3.05, 3.63) is 48.2 Å². The zero-order valence-electron chi connectivity index (χ0n) is 15.4. The van der Waals surface area contributed by atoms with Gasteiger partial charge in [0, 0.05) is 12.6 Å². The minimum absolute atomic E-state index is 0.207. The lowest BCUT2D eigenvalue weighted by atomic mass is 10.0. The number of sulfonamides is 1. The Morgan fingerprint density at radius 2 is 1.93 bits per heavy atom. The highest BCUT2D eigenvalue weighted by atomic mass is 32.2. The van der Waals surface area contributed by atoms with E-state index in [1.807, 2.05) is 6.92 Å². The number of methoxy groups -OCH3 is 1. The number of amides is 1. The Kier molecular flexibility index (Phi) is 5.76. The van der Waals surface area contributed by atoms with E-state index in [1.54, 1.807) is 36.4 Å². The van der Waals surface area contributed by atoms with Crippen molar-refractivity contribution in [3.8, 4) is 5.88 Å². The molecular weight excluding hydrogens is 366 g/mol. The Balaban J connectivity index is 1.81. The standard InChI is InChI=1S/C19H23N3O4S/c1-14-6-9-16(10-7-14)27(24,25)22-12-4-3-5-17(22)19(23)21-15-8-11-18(26-2)20-13-15/h6-11,13,17H,3-5,12H2,1-2H3,(H,21,23)/t17-/m1/s1. The van der Waals surface area contributed by atoms with E-state index in [0.29, 0.717) is 24.5 Å². The predicted octanol–water partition coefficient (Wildman–Crippen LogP) is 2.58. The molecule has 27 heavy (non-hydrogen) atoms. The van der Waals surface area contributed by atoms with Gasteiger partial charge < -0.3 is 10.1 Å². The Bertz CT molecular complexity index is 896. The number of piperidine rings is 1. The molecule has 144 valence electrons. The zero-order chi connectivity index (χ0) is 19.4. The first-order valence-electron chi connectivity index (χ1n) is 8.81. The Morgan fingerprint density at radius 3 is 2.56 bits per heavy atom. The summed E-state index contributed by atoms with van der Waals surface area (Å²) >= 11 is 0. The molecule has 1 saturated heterocycles. The summed E-state index contributed by atoms with van der Waals surface area (Å²) in [7, 11) is -2.23. The summed E-state index contributed by atoms with van der Waals surface area (Å²) in [6.45, 7) is 2.23. The summed E-state index contributed by atoms with van der Waals surface area (Å²) in [6.07, 6.45) is 3.51. The molecule has 3 rings (SSSR count). The molecule has 1 atom stereocenters. The van der Waals surface area contributed by atoms with Crippen LogP contribution >= 0.6 is 0 Å². The van der Waals surface area contributed by atoms with Crippen molar-refractivity contribution in [1.29, 1.82) is 0 Å². The van der Waals surface area contributed by atoms with Crippen LogP contribution in [0.3, 0.4) is 0 Å². The van der Waals surface area contributed by atoms with Gasteiger partial charge in [-0.15, -0.1) is 0 Å². The van der Waals surface area contributed by atoms with Crippen molar-refractivity contribution in [2.24, 2.45) is 0 Å². The van der Waals surface area contributed by atoms with Gasteiger partial charge in [-0.25, -0.2) is 13.4 Å². The summed E-state index contributed by atoms with van der Waals surface area (Å²) in [6, 6.07) is 9.25. The second-order valence-corrected chi connectivity index (χ2v) is 8.41. The van der Waals surface area contributed by atoms with Crippen LogP contribution < -0.4 is 10.1 Å². The minimum atomic E-state index is -3.74. The van der Waals surface area contributed by atoms with E-state index in [4.69, 9.17) is 4.74 Å². The van der Waals surface area contributed by atoms with E-state index in [1.165, 1.54) is 17.6 Å². The van der Waals surface area contributed by atoms with Crippen LogP contribution in [0.25, 0.3) is 0 Å². The fourth-order valence-corrected chi connectivity index (χ4v) is 4.76. The average molecular weight is 389 g/mol. The van der Waals surface area contributed by atoms with Gasteiger partial charge in [-0.05, 0) is 38.0 Å². The number of anilines is 1. The van der Waals surface area contributed by atoms with E-state index in [2.05, 4.69) is 10.3 Å². The van der Waals surface area contributed by atoms with Crippen LogP contribution in [0.4, 0.5) is 5.69 Å². The number of ether oxygens (including phenoxy) is 1. The number of carbonyl (C=O) groups excluding carboxylic acids is 1. The van der Waals surface area contributed by atoms with Crippen molar-refractivity contribution in [1.82, 2.24) is 9.29 Å². The topological polar surface area (TPSA) is 88.6 Å². The molecule has 0 unspecified atom stereocenters. The first-order chi connectivity index (χ1) is 12.9. The third-order valence-electron chi connectivity index (χ3n) is 4.60. The van der Waals surface area contributed by atoms with Crippen LogP contribution in [0.2, 0.25) is 0 Å². The summed E-state index contributed by atoms with van der Waals surface area (Å²) in [4.78, 5) is 17.0. The molecule has 0 aliphatic carbocycles. The Labute approximate surface area is 159 Å². The number of aromatic nitrogens is 1. The second-order valence-electron chi connectivity index (χ2n) is 6.52. The summed E-state index contributed by atoms with van der Waals surface area (Å²) in [5.74, 6) is 0.0894. The lowest BCUT2D eigenvalue weighted by Gasteiger charge is -2.33. The lowest BCUT2D eigenvalue weighted by Crippen LogP contribution is -2.49. The zero-order valence-corrected chi connectivity index (χ0v) is 16.2. The van der Waals surface area contributed by atoms with E-state index < -0.39 is 16.1 Å². The number of benzene rings is 1. The maximum absolute atomic E-state index is 13.1. The number of hydrogen-bond acceptors (Lipinski definition) is 5. The lowest BCUT2D eigenvalue weighted by molar-refractivity contribution is -0.120. The Morgan fingerprint density at radius 1 is 1.19 bits per heavy atom. The first-order valence-corrected chi connectivity index (χ1v) is 10.3. The van der Waals surface area contributed by atoms with Crippen molar-refractivity contribution in [2.45, 2.75) is 37.1 Å². The van der Waals surface area contributed by atoms with Crippen molar-refractivity contribution < 1.29 is 17.9 Å². The van der Waals surface area contributed by atoms with Gasteiger partial charge in [0.15, 0.2) is 0 Å². The molecule has 0 saturated carbocycles. The van der Waals surface area contributed by atoms with Crippen molar-refractivity contribution >= 4 is 21.6 Å². The molecule has 1 aliphatic heterocycles. The van der Waals surface area contributed by atoms with E-state index in [9.17, 15) is 13.2 Å². The quantitative estimate of drug-likeness (QED) is 0.849. The van der Waals surface area contributed by atoms with Gasteiger partial charge in [0.05, 0.1) is 23.9 Å². The fourth-order valence-electron chi connectivity index (χ4n) is 3.10. The number of hydrogen-bond donors (Lipinski definition) is 1. The summed E-state index contributed by atoms with van der Waals surface area (Å²) in [5.41, 5.74) is 1.48. The van der Waals surface area contributed by atoms with Gasteiger partial charge >= 0.3 is 0 Å². The number of nitrogens with one attached hydrogen (secondary N) is 1. The number of rotatable bonds is 5. The van der Waals surface area contributed by atoms with Gasteiger partial charge in [0.25, 0.3) is 0 Å². The van der Waals surface area contributed by atoms with Crippen LogP contribution in [0.1, 0.15) is 24.8 Å². The molecule has 1 aliphatic rings. The summed E-state index contributed by atoms with van der Waals surface area (Å²) in [5, 5.41) is 2.76. The minimum Gasteiger partial charge on any atom is -0.481 e. The van der Waals surface area contributed by atoms with Gasteiger partial charge in [-0.1, -0.05) is 24.1 Å². The molecule has 0 radical (unpaired) electrons. The van der Waals surface area contributed by atoms with E-state index in [0.717, 1.165) is 18.4 Å². The van der Waals surface area contributed by atoms with E-state index in [-0.39, 0.29) is 10.8 Å². The van der Waals surface area contributed by atoms with E-state index >= 15 is 0 Å². The van der Waals surface area contributed by atoms with Crippen LogP contribution in [0, 0.1) is 6.92 Å². The average Bonchev–Trinajstić information content (AvgIpc) is 2.69. The maximum Gasteiger partial charge on any atom is 0.243 e. The largest absolute Gasteiger partial charge is 0.481 e. The third kappa shape index (κ3) is 4.28. The van der Waals surface area contributed by atoms with Gasteiger partial charge in [-0.2, -0.15) is 4.31 Å². The number of pyridine rings is 1. The summed E-state index contributed by atoms with van der Waals surface area (Å²) < 4.78 is 32.4. The molecular formula is C19H23N3O4S. The molecule has 1 fully saturated rings. The predicted molar refractivity (Wildman–Crippen MR) is 102 cm³/mol. The highest BCUT2D eigenvalue weighted by molar-refractivity contribution is 7.89. The molecule has 7 nitrogen and oxygen atoms in total. The molecule has 2 heterocycles. The Hall–Kier alpha value is -2.45. The number of carbonyl (C=O) groups is 1. The maximum atomic E-state index is 13.1. The molecule has 0 spiro atoms. The second kappa shape index (κ2) is 8.06. The molecule has 1 amide bonds. The molecule has 1 aromatic heterocycles. The van der Waals surface area contributed by atoms with Gasteiger partial charge in [0.1, 0.15) is 6.04 Å². The molecule has 2 aromatic rings. The highest BCUT2D eigenvalue weighted by Crippen LogP contribution is 2.26.